The Morgan fingerprint density at radius 2 is 2.00 bits per heavy atom. The van der Waals surface area contributed by atoms with E-state index in [1.807, 2.05) is 7.05 Å². The molecule has 1 aromatic carbocycles. The minimum Gasteiger partial charge on any atom is -0.378 e. The van der Waals surface area contributed by atoms with Gasteiger partial charge in [-0.05, 0) is 39.9 Å². The van der Waals surface area contributed by atoms with Gasteiger partial charge in [0, 0.05) is 38.9 Å². The number of hydrogen-bond acceptors (Lipinski definition) is 4. The molecule has 0 saturated carbocycles. The summed E-state index contributed by atoms with van der Waals surface area (Å²) in [5.41, 5.74) is 3.93. The normalized spacial score (nSPS) is 15.8. The molecule has 2 N–H and O–H groups in total. The van der Waals surface area contributed by atoms with Crippen molar-refractivity contribution in [3.05, 3.63) is 52.2 Å². The van der Waals surface area contributed by atoms with Gasteiger partial charge >= 0.3 is 0 Å². The maximum absolute atomic E-state index is 5.48. The van der Waals surface area contributed by atoms with Crippen molar-refractivity contribution in [1.82, 2.24) is 10.6 Å². The number of aliphatic imine (C=N–C) groups is 1. The summed E-state index contributed by atoms with van der Waals surface area (Å²) in [7, 11) is 1.82. The Hall–Kier alpha value is -1.32. The molecule has 1 unspecified atom stereocenters. The molecule has 27 heavy (non-hydrogen) atoms. The molecular formula is C20H29IN4OS. The molecule has 0 amide bonds. The van der Waals surface area contributed by atoms with Gasteiger partial charge in [-0.15, -0.1) is 24.0 Å². The van der Waals surface area contributed by atoms with Crippen LogP contribution in [0, 0.1) is 0 Å². The van der Waals surface area contributed by atoms with Gasteiger partial charge in [-0.25, -0.2) is 0 Å². The van der Waals surface area contributed by atoms with E-state index in [1.165, 1.54) is 16.8 Å². The largest absolute Gasteiger partial charge is 0.378 e. The number of hydrogen-bond donors (Lipinski definition) is 2. The maximum atomic E-state index is 5.48. The lowest BCUT2D eigenvalue weighted by Crippen LogP contribution is -2.40. The topological polar surface area (TPSA) is 48.9 Å². The molecule has 0 radical (unpaired) electrons. The first kappa shape index (κ1) is 22.0. The highest BCUT2D eigenvalue weighted by Gasteiger charge is 2.14. The molecule has 1 fully saturated rings. The van der Waals surface area contributed by atoms with E-state index in [1.54, 1.807) is 11.3 Å². The molecule has 1 aromatic heterocycles. The lowest BCUT2D eigenvalue weighted by Gasteiger charge is -2.30. The SMILES string of the molecule is CN=C(NCc1ccccc1N1CCOCC1)NCC(C)c1ccsc1.I. The van der Waals surface area contributed by atoms with Crippen molar-refractivity contribution in [2.24, 2.45) is 4.99 Å². The van der Waals surface area contributed by atoms with Crippen molar-refractivity contribution in [2.75, 3.05) is 44.8 Å². The predicted octanol–water partition coefficient (Wildman–Crippen LogP) is 3.67. The van der Waals surface area contributed by atoms with Crippen LogP contribution in [0.15, 0.2) is 46.1 Å². The van der Waals surface area contributed by atoms with Gasteiger partial charge in [0.25, 0.3) is 0 Å². The molecule has 148 valence electrons. The van der Waals surface area contributed by atoms with Gasteiger partial charge in [0.15, 0.2) is 5.96 Å². The summed E-state index contributed by atoms with van der Waals surface area (Å²) in [6.45, 7) is 7.33. The van der Waals surface area contributed by atoms with Crippen LogP contribution in [0.1, 0.15) is 24.0 Å². The average molecular weight is 500 g/mol. The fourth-order valence-electron chi connectivity index (χ4n) is 3.10. The zero-order chi connectivity index (χ0) is 18.2. The Kier molecular flexibility index (Phi) is 9.36. The lowest BCUT2D eigenvalue weighted by atomic mass is 10.1. The van der Waals surface area contributed by atoms with Crippen molar-refractivity contribution >= 4 is 47.0 Å². The van der Waals surface area contributed by atoms with E-state index < -0.39 is 0 Å². The number of guanidine groups is 1. The minimum absolute atomic E-state index is 0. The van der Waals surface area contributed by atoms with Gasteiger partial charge in [0.1, 0.15) is 0 Å². The van der Waals surface area contributed by atoms with E-state index in [-0.39, 0.29) is 24.0 Å². The fraction of sp³-hybridized carbons (Fsp3) is 0.450. The minimum atomic E-state index is 0. The molecule has 1 aliphatic rings. The molecule has 2 aromatic rings. The van der Waals surface area contributed by atoms with Crippen LogP contribution in [0.5, 0.6) is 0 Å². The van der Waals surface area contributed by atoms with Crippen LogP contribution in [0.4, 0.5) is 5.69 Å². The van der Waals surface area contributed by atoms with Crippen molar-refractivity contribution < 1.29 is 4.74 Å². The van der Waals surface area contributed by atoms with E-state index in [0.29, 0.717) is 5.92 Å². The van der Waals surface area contributed by atoms with Crippen LogP contribution in [0.25, 0.3) is 0 Å². The molecule has 0 spiro atoms. The van der Waals surface area contributed by atoms with Crippen LogP contribution in [0.2, 0.25) is 0 Å². The number of nitrogens with zero attached hydrogens (tertiary/aromatic N) is 2. The lowest BCUT2D eigenvalue weighted by molar-refractivity contribution is 0.122. The van der Waals surface area contributed by atoms with Gasteiger partial charge < -0.3 is 20.3 Å². The third kappa shape index (κ3) is 6.36. The molecule has 1 saturated heterocycles. The zero-order valence-corrected chi connectivity index (χ0v) is 19.1. The number of morpholine rings is 1. The van der Waals surface area contributed by atoms with E-state index in [0.717, 1.165) is 45.4 Å². The molecule has 0 bridgehead atoms. The van der Waals surface area contributed by atoms with Crippen LogP contribution >= 0.6 is 35.3 Å². The van der Waals surface area contributed by atoms with Crippen LogP contribution in [-0.4, -0.2) is 45.9 Å². The highest BCUT2D eigenvalue weighted by Crippen LogP contribution is 2.21. The second-order valence-corrected chi connectivity index (χ2v) is 7.27. The highest BCUT2D eigenvalue weighted by atomic mass is 127. The molecule has 1 aliphatic heterocycles. The molecule has 1 atom stereocenters. The summed E-state index contributed by atoms with van der Waals surface area (Å²) in [5, 5.41) is 11.2. The Morgan fingerprint density at radius 1 is 1.22 bits per heavy atom. The van der Waals surface area contributed by atoms with Gasteiger partial charge in [-0.3, -0.25) is 4.99 Å². The van der Waals surface area contributed by atoms with Crippen LogP contribution in [-0.2, 0) is 11.3 Å². The third-order valence-corrected chi connectivity index (χ3v) is 5.40. The van der Waals surface area contributed by atoms with E-state index >= 15 is 0 Å². The van der Waals surface area contributed by atoms with Crippen LogP contribution < -0.4 is 15.5 Å². The predicted molar refractivity (Wildman–Crippen MR) is 126 cm³/mol. The number of nitrogens with one attached hydrogen (secondary N) is 2. The molecular weight excluding hydrogens is 471 g/mol. The zero-order valence-electron chi connectivity index (χ0n) is 16.0. The number of benzene rings is 1. The second-order valence-electron chi connectivity index (χ2n) is 6.49. The first-order valence-electron chi connectivity index (χ1n) is 9.15. The molecule has 0 aliphatic carbocycles. The summed E-state index contributed by atoms with van der Waals surface area (Å²) >= 11 is 1.74. The van der Waals surface area contributed by atoms with Crippen molar-refractivity contribution in [2.45, 2.75) is 19.4 Å². The summed E-state index contributed by atoms with van der Waals surface area (Å²) in [4.78, 5) is 6.76. The van der Waals surface area contributed by atoms with Crippen LogP contribution in [0.3, 0.4) is 0 Å². The Bertz CT molecular complexity index is 702. The fourth-order valence-corrected chi connectivity index (χ4v) is 3.88. The van der Waals surface area contributed by atoms with Gasteiger partial charge in [-0.1, -0.05) is 25.1 Å². The van der Waals surface area contributed by atoms with Crippen molar-refractivity contribution in [3.63, 3.8) is 0 Å². The number of halogens is 1. The van der Waals surface area contributed by atoms with Gasteiger partial charge in [-0.2, -0.15) is 11.3 Å². The molecule has 3 rings (SSSR count). The van der Waals surface area contributed by atoms with Gasteiger partial charge in [0.2, 0.25) is 0 Å². The Balaban J connectivity index is 0.00000261. The molecule has 7 heteroatoms. The molecule has 2 heterocycles. The number of thiophene rings is 1. The van der Waals surface area contributed by atoms with Crippen molar-refractivity contribution in [3.8, 4) is 0 Å². The van der Waals surface area contributed by atoms with Gasteiger partial charge in [0.05, 0.1) is 13.2 Å². The van der Waals surface area contributed by atoms with Crippen molar-refractivity contribution in [1.29, 1.82) is 0 Å². The first-order chi connectivity index (χ1) is 12.8. The van der Waals surface area contributed by atoms with E-state index in [4.69, 9.17) is 4.74 Å². The molecule has 5 nitrogen and oxygen atoms in total. The highest BCUT2D eigenvalue weighted by molar-refractivity contribution is 14.0. The number of ether oxygens (including phenoxy) is 1. The van der Waals surface area contributed by atoms with E-state index in [9.17, 15) is 0 Å². The number of para-hydroxylation sites is 1. The smallest absolute Gasteiger partial charge is 0.191 e. The first-order valence-corrected chi connectivity index (χ1v) is 10.1. The third-order valence-electron chi connectivity index (χ3n) is 4.70. The second kappa shape index (κ2) is 11.5. The number of rotatable bonds is 6. The Labute approximate surface area is 183 Å². The summed E-state index contributed by atoms with van der Waals surface area (Å²) in [5.74, 6) is 1.30. The maximum Gasteiger partial charge on any atom is 0.191 e. The Morgan fingerprint density at radius 3 is 2.70 bits per heavy atom. The summed E-state index contributed by atoms with van der Waals surface area (Å²) < 4.78 is 5.48. The number of anilines is 1. The monoisotopic (exact) mass is 500 g/mol. The average Bonchev–Trinajstić information content (AvgIpc) is 3.24. The standard InChI is InChI=1S/C20H28N4OS.HI/c1-16(18-7-12-26-15-18)13-22-20(21-2)23-14-17-5-3-4-6-19(17)24-8-10-25-11-9-24;/h3-7,12,15-16H,8-11,13-14H2,1-2H3,(H2,21,22,23);1H. The summed E-state index contributed by atoms with van der Waals surface area (Å²) in [6.07, 6.45) is 0. The van der Waals surface area contributed by atoms with E-state index in [2.05, 4.69) is 68.5 Å². The quantitative estimate of drug-likeness (QED) is 0.361. The summed E-state index contributed by atoms with van der Waals surface area (Å²) in [6, 6.07) is 10.8.